The number of benzene rings is 1. The third kappa shape index (κ3) is 3.54. The van der Waals surface area contributed by atoms with Gasteiger partial charge in [-0.25, -0.2) is 4.39 Å². The number of nitrogens with one attached hydrogen (secondary N) is 2. The van der Waals surface area contributed by atoms with Gasteiger partial charge in [-0.2, -0.15) is 0 Å². The van der Waals surface area contributed by atoms with Gasteiger partial charge in [-0.1, -0.05) is 17.7 Å². The SMILES string of the molecule is NC(=O)c1c(F)cccc1NCCC1=CCNCC1. The molecule has 0 atom stereocenters. The molecule has 0 fully saturated rings. The second-order valence-electron chi connectivity index (χ2n) is 4.52. The molecule has 4 nitrogen and oxygen atoms in total. The summed E-state index contributed by atoms with van der Waals surface area (Å²) in [6.07, 6.45) is 4.09. The average molecular weight is 263 g/mol. The van der Waals surface area contributed by atoms with Gasteiger partial charge in [0.15, 0.2) is 0 Å². The summed E-state index contributed by atoms with van der Waals surface area (Å²) in [6, 6.07) is 4.47. The third-order valence-corrected chi connectivity index (χ3v) is 3.18. The molecule has 0 unspecified atom stereocenters. The van der Waals surface area contributed by atoms with Gasteiger partial charge in [0, 0.05) is 18.8 Å². The minimum atomic E-state index is -0.748. The van der Waals surface area contributed by atoms with Crippen LogP contribution in [0.15, 0.2) is 29.8 Å². The first-order chi connectivity index (χ1) is 9.18. The lowest BCUT2D eigenvalue weighted by Gasteiger charge is -2.15. The summed E-state index contributed by atoms with van der Waals surface area (Å²) in [5.41, 5.74) is 6.96. The zero-order valence-electron chi connectivity index (χ0n) is 10.7. The van der Waals surface area contributed by atoms with E-state index in [2.05, 4.69) is 16.7 Å². The Labute approximate surface area is 111 Å². The molecule has 1 aromatic rings. The second-order valence-corrected chi connectivity index (χ2v) is 4.52. The van der Waals surface area contributed by atoms with Gasteiger partial charge in [-0.3, -0.25) is 4.79 Å². The molecule has 1 aromatic carbocycles. The van der Waals surface area contributed by atoms with Crippen molar-refractivity contribution in [2.45, 2.75) is 12.8 Å². The van der Waals surface area contributed by atoms with Crippen molar-refractivity contribution in [2.24, 2.45) is 5.73 Å². The van der Waals surface area contributed by atoms with Crippen molar-refractivity contribution in [1.29, 1.82) is 0 Å². The van der Waals surface area contributed by atoms with Gasteiger partial charge in [0.2, 0.25) is 0 Å². The maximum Gasteiger partial charge on any atom is 0.253 e. The number of amides is 1. The highest BCUT2D eigenvalue weighted by molar-refractivity contribution is 5.98. The number of hydrogen-bond donors (Lipinski definition) is 3. The van der Waals surface area contributed by atoms with Crippen molar-refractivity contribution < 1.29 is 9.18 Å². The number of carbonyl (C=O) groups excluding carboxylic acids is 1. The van der Waals surface area contributed by atoms with Crippen LogP contribution in [0.5, 0.6) is 0 Å². The van der Waals surface area contributed by atoms with Crippen LogP contribution in [0.25, 0.3) is 0 Å². The molecule has 1 amide bonds. The number of primary amides is 1. The Bertz CT molecular complexity index is 499. The fourth-order valence-corrected chi connectivity index (χ4v) is 2.18. The van der Waals surface area contributed by atoms with E-state index >= 15 is 0 Å². The van der Waals surface area contributed by atoms with Crippen LogP contribution >= 0.6 is 0 Å². The topological polar surface area (TPSA) is 67.2 Å². The second kappa shape index (κ2) is 6.33. The van der Waals surface area contributed by atoms with Crippen LogP contribution in [0.4, 0.5) is 10.1 Å². The van der Waals surface area contributed by atoms with Crippen molar-refractivity contribution in [3.63, 3.8) is 0 Å². The highest BCUT2D eigenvalue weighted by atomic mass is 19.1. The van der Waals surface area contributed by atoms with Gasteiger partial charge in [0.05, 0.1) is 5.56 Å². The van der Waals surface area contributed by atoms with E-state index in [9.17, 15) is 9.18 Å². The molecule has 0 radical (unpaired) electrons. The average Bonchev–Trinajstić information content (AvgIpc) is 2.39. The van der Waals surface area contributed by atoms with E-state index < -0.39 is 11.7 Å². The number of carbonyl (C=O) groups is 1. The minimum Gasteiger partial charge on any atom is -0.384 e. The van der Waals surface area contributed by atoms with Crippen LogP contribution in [0.1, 0.15) is 23.2 Å². The van der Waals surface area contributed by atoms with Crippen molar-refractivity contribution in [1.82, 2.24) is 5.32 Å². The lowest BCUT2D eigenvalue weighted by molar-refractivity contribution is 0.0997. The maximum atomic E-state index is 13.5. The summed E-state index contributed by atoms with van der Waals surface area (Å²) in [5.74, 6) is -1.33. The van der Waals surface area contributed by atoms with Gasteiger partial charge in [0.1, 0.15) is 5.82 Å². The predicted molar refractivity (Wildman–Crippen MR) is 73.6 cm³/mol. The Morgan fingerprint density at radius 3 is 3.00 bits per heavy atom. The van der Waals surface area contributed by atoms with E-state index in [1.165, 1.54) is 11.6 Å². The summed E-state index contributed by atoms with van der Waals surface area (Å²) in [7, 11) is 0. The van der Waals surface area contributed by atoms with Gasteiger partial charge in [-0.15, -0.1) is 0 Å². The van der Waals surface area contributed by atoms with E-state index in [0.29, 0.717) is 12.2 Å². The van der Waals surface area contributed by atoms with Gasteiger partial charge in [-0.05, 0) is 31.5 Å². The molecule has 2 rings (SSSR count). The first-order valence-electron chi connectivity index (χ1n) is 6.39. The molecule has 0 bridgehead atoms. The van der Waals surface area contributed by atoms with Crippen LogP contribution in [0.3, 0.4) is 0 Å². The number of rotatable bonds is 5. The molecule has 4 N–H and O–H groups in total. The highest BCUT2D eigenvalue weighted by Crippen LogP contribution is 2.19. The van der Waals surface area contributed by atoms with Crippen LogP contribution in [0, 0.1) is 5.82 Å². The monoisotopic (exact) mass is 263 g/mol. The molecule has 0 spiro atoms. The van der Waals surface area contributed by atoms with Crippen molar-refractivity contribution in [2.75, 3.05) is 25.0 Å². The van der Waals surface area contributed by atoms with Crippen LogP contribution < -0.4 is 16.4 Å². The summed E-state index contributed by atoms with van der Waals surface area (Å²) in [5, 5.41) is 6.33. The summed E-state index contributed by atoms with van der Waals surface area (Å²) >= 11 is 0. The third-order valence-electron chi connectivity index (χ3n) is 3.18. The van der Waals surface area contributed by atoms with E-state index in [4.69, 9.17) is 5.73 Å². The summed E-state index contributed by atoms with van der Waals surface area (Å²) in [6.45, 7) is 2.57. The Morgan fingerprint density at radius 1 is 1.47 bits per heavy atom. The first-order valence-corrected chi connectivity index (χ1v) is 6.39. The van der Waals surface area contributed by atoms with E-state index in [0.717, 1.165) is 25.9 Å². The minimum absolute atomic E-state index is 0.0678. The molecule has 0 aliphatic carbocycles. The lowest BCUT2D eigenvalue weighted by Crippen LogP contribution is -2.21. The van der Waals surface area contributed by atoms with Crippen molar-refractivity contribution in [3.05, 3.63) is 41.2 Å². The van der Waals surface area contributed by atoms with Gasteiger partial charge < -0.3 is 16.4 Å². The molecule has 1 heterocycles. The molecule has 0 saturated carbocycles. The maximum absolute atomic E-state index is 13.5. The smallest absolute Gasteiger partial charge is 0.253 e. The van der Waals surface area contributed by atoms with E-state index in [1.54, 1.807) is 12.1 Å². The molecule has 0 aromatic heterocycles. The Kier molecular flexibility index (Phi) is 4.52. The molecule has 5 heteroatoms. The number of hydrogen-bond acceptors (Lipinski definition) is 3. The van der Waals surface area contributed by atoms with Gasteiger partial charge >= 0.3 is 0 Å². The number of halogens is 1. The van der Waals surface area contributed by atoms with Crippen molar-refractivity contribution in [3.8, 4) is 0 Å². The number of nitrogens with two attached hydrogens (primary N) is 1. The van der Waals surface area contributed by atoms with Gasteiger partial charge in [0.25, 0.3) is 5.91 Å². The molecule has 102 valence electrons. The Morgan fingerprint density at radius 2 is 2.32 bits per heavy atom. The molecule has 1 aliphatic rings. The molecular formula is C14H18FN3O. The number of anilines is 1. The predicted octanol–water partition coefficient (Wildman–Crippen LogP) is 1.65. The zero-order valence-corrected chi connectivity index (χ0v) is 10.7. The van der Waals surface area contributed by atoms with E-state index in [1.807, 2.05) is 0 Å². The largest absolute Gasteiger partial charge is 0.384 e. The molecule has 0 saturated heterocycles. The van der Waals surface area contributed by atoms with E-state index in [-0.39, 0.29) is 5.56 Å². The first kappa shape index (κ1) is 13.5. The Hall–Kier alpha value is -1.88. The fourth-order valence-electron chi connectivity index (χ4n) is 2.18. The normalized spacial score (nSPS) is 14.9. The molecule has 1 aliphatic heterocycles. The molecule has 19 heavy (non-hydrogen) atoms. The summed E-state index contributed by atoms with van der Waals surface area (Å²) in [4.78, 5) is 11.2. The summed E-state index contributed by atoms with van der Waals surface area (Å²) < 4.78 is 13.5. The quantitative estimate of drug-likeness (QED) is 0.708. The standard InChI is InChI=1S/C14H18FN3O/c15-11-2-1-3-12(13(11)14(16)19)18-9-6-10-4-7-17-8-5-10/h1-4,17-18H,5-9H2,(H2,16,19). The fraction of sp³-hybridized carbons (Fsp3) is 0.357. The van der Waals surface area contributed by atoms with Crippen LogP contribution in [-0.4, -0.2) is 25.5 Å². The highest BCUT2D eigenvalue weighted by Gasteiger charge is 2.13. The Balaban J connectivity index is 1.97. The van der Waals surface area contributed by atoms with Crippen LogP contribution in [-0.2, 0) is 0 Å². The van der Waals surface area contributed by atoms with Crippen molar-refractivity contribution >= 4 is 11.6 Å². The lowest BCUT2D eigenvalue weighted by atomic mass is 10.1. The molecular weight excluding hydrogens is 245 g/mol. The van der Waals surface area contributed by atoms with Crippen LogP contribution in [0.2, 0.25) is 0 Å². The zero-order chi connectivity index (χ0) is 13.7.